The van der Waals surface area contributed by atoms with E-state index in [0.29, 0.717) is 13.1 Å². The molecule has 0 N–H and O–H groups in total. The predicted octanol–water partition coefficient (Wildman–Crippen LogP) is 3.75. The molecular formula is C23H25N2O6S4-. The first-order chi connectivity index (χ1) is 16.4. The fraction of sp³-hybridized carbons (Fsp3) is 0.348. The summed E-state index contributed by atoms with van der Waals surface area (Å²) in [5.41, 5.74) is 1.89. The summed E-state index contributed by atoms with van der Waals surface area (Å²) in [6.07, 6.45) is 2.37. The van der Waals surface area contributed by atoms with Crippen molar-refractivity contribution in [3.8, 4) is 0 Å². The molecule has 0 saturated carbocycles. The van der Waals surface area contributed by atoms with Crippen LogP contribution in [0.4, 0.5) is 5.69 Å². The first-order valence-electron chi connectivity index (χ1n) is 11.0. The van der Waals surface area contributed by atoms with Crippen LogP contribution in [0.3, 0.4) is 0 Å². The van der Waals surface area contributed by atoms with Gasteiger partial charge in [-0.1, -0.05) is 47.4 Å². The van der Waals surface area contributed by atoms with Gasteiger partial charge in [0.25, 0.3) is 5.01 Å². The van der Waals surface area contributed by atoms with Crippen molar-refractivity contribution < 1.29 is 30.5 Å². The number of aromatic nitrogens is 1. The van der Waals surface area contributed by atoms with Crippen LogP contribution in [-0.2, 0) is 26.8 Å². The van der Waals surface area contributed by atoms with E-state index in [1.807, 2.05) is 64.1 Å². The molecule has 188 valence electrons. The van der Waals surface area contributed by atoms with Gasteiger partial charge in [-0.2, -0.15) is 4.57 Å². The Hall–Kier alpha value is -1.96. The van der Waals surface area contributed by atoms with E-state index < -0.39 is 30.7 Å². The number of nitrogens with zero attached hydrogens (tertiary/aromatic N) is 2. The van der Waals surface area contributed by atoms with Crippen molar-refractivity contribution in [2.24, 2.45) is 0 Å². The van der Waals surface area contributed by atoms with Gasteiger partial charge in [-0.25, -0.2) is 16.8 Å². The van der Waals surface area contributed by atoms with Gasteiger partial charge in [0.1, 0.15) is 4.70 Å². The molecule has 4 rings (SSSR count). The first kappa shape index (κ1) is 26.1. The quantitative estimate of drug-likeness (QED) is 0.290. The number of benzene rings is 2. The van der Waals surface area contributed by atoms with Crippen LogP contribution in [0.15, 0.2) is 58.5 Å². The summed E-state index contributed by atoms with van der Waals surface area (Å²) < 4.78 is 71.6. The molecule has 3 aromatic rings. The van der Waals surface area contributed by atoms with Crippen molar-refractivity contribution in [3.63, 3.8) is 0 Å². The highest BCUT2D eigenvalue weighted by Gasteiger charge is 2.28. The van der Waals surface area contributed by atoms with Crippen molar-refractivity contribution in [2.75, 3.05) is 11.4 Å². The normalized spacial score (nSPS) is 17.1. The van der Waals surface area contributed by atoms with E-state index in [1.165, 1.54) is 13.8 Å². The third-order valence-corrected chi connectivity index (χ3v) is 10.7. The fourth-order valence-corrected chi connectivity index (χ4v) is 6.91. The number of thioether (sulfide) groups is 1. The molecule has 1 aliphatic rings. The summed E-state index contributed by atoms with van der Waals surface area (Å²) in [5, 5.41) is -0.254. The molecule has 0 aliphatic carbocycles. The van der Waals surface area contributed by atoms with Gasteiger partial charge >= 0.3 is 0 Å². The highest BCUT2D eigenvalue weighted by Crippen LogP contribution is 2.46. The van der Waals surface area contributed by atoms with Gasteiger partial charge in [0.15, 0.2) is 6.54 Å². The van der Waals surface area contributed by atoms with Crippen LogP contribution in [0.1, 0.15) is 31.7 Å². The number of anilines is 1. The Bertz CT molecular complexity index is 1480. The second-order valence-electron chi connectivity index (χ2n) is 8.45. The zero-order valence-corrected chi connectivity index (χ0v) is 22.4. The summed E-state index contributed by atoms with van der Waals surface area (Å²) in [6, 6.07) is 15.6. The zero-order chi connectivity index (χ0) is 25.4. The molecule has 2 atom stereocenters. The molecule has 2 aromatic carbocycles. The van der Waals surface area contributed by atoms with E-state index in [0.717, 1.165) is 30.8 Å². The number of thiazole rings is 1. The lowest BCUT2D eigenvalue weighted by atomic mass is 10.2. The van der Waals surface area contributed by atoms with Gasteiger partial charge in [0.2, 0.25) is 5.52 Å². The Balaban J connectivity index is 1.71. The lowest BCUT2D eigenvalue weighted by molar-refractivity contribution is -0.669. The maximum atomic E-state index is 11.4. The lowest BCUT2D eigenvalue weighted by Gasteiger charge is -2.23. The van der Waals surface area contributed by atoms with Gasteiger partial charge in [-0.3, -0.25) is 0 Å². The molecule has 12 heteroatoms. The zero-order valence-electron chi connectivity index (χ0n) is 19.2. The minimum atomic E-state index is -4.38. The summed E-state index contributed by atoms with van der Waals surface area (Å²) in [7, 11) is -8.76. The molecule has 1 aromatic heterocycles. The SMILES string of the molecule is CC(CCN1C(=Cc2sc3ccccc3[n+]2CCC(C)S(=O)(=O)[O-])Sc2ccccc21)S(=O)(=O)[O-]. The van der Waals surface area contributed by atoms with Crippen molar-refractivity contribution in [3.05, 3.63) is 58.6 Å². The number of hydrogen-bond donors (Lipinski definition) is 0. The molecule has 2 unspecified atom stereocenters. The van der Waals surface area contributed by atoms with Gasteiger partial charge in [0, 0.05) is 29.2 Å². The van der Waals surface area contributed by atoms with E-state index in [4.69, 9.17) is 0 Å². The first-order valence-corrected chi connectivity index (χ1v) is 15.6. The molecule has 0 amide bonds. The molecule has 0 spiro atoms. The molecular weight excluding hydrogens is 529 g/mol. The monoisotopic (exact) mass is 553 g/mol. The Labute approximate surface area is 213 Å². The van der Waals surface area contributed by atoms with Crippen molar-refractivity contribution >= 4 is 65.3 Å². The van der Waals surface area contributed by atoms with E-state index in [2.05, 4.69) is 0 Å². The molecule has 0 fully saturated rings. The smallest absolute Gasteiger partial charge is 0.265 e. The number of para-hydroxylation sites is 2. The molecule has 0 radical (unpaired) electrons. The standard InChI is InChI=1S/C23H26N2O6S4/c1-16(34(26,27)28)11-13-24-18-7-3-5-9-20(18)32-22(24)15-23-25(14-12-17(2)35(29,30)31)19-8-4-6-10-21(19)33-23/h3-10,15-17H,11-14H2,1-2H3,(H-,26,27,28,29,30,31)/p-1. The Kier molecular flexibility index (Phi) is 7.60. The molecule has 2 heterocycles. The summed E-state index contributed by atoms with van der Waals surface area (Å²) in [4.78, 5) is 3.04. The average molecular weight is 554 g/mol. The summed E-state index contributed by atoms with van der Waals surface area (Å²) in [5.74, 6) is 0. The van der Waals surface area contributed by atoms with Crippen LogP contribution >= 0.6 is 23.1 Å². The largest absolute Gasteiger partial charge is 0.748 e. The summed E-state index contributed by atoms with van der Waals surface area (Å²) in [6.45, 7) is 3.56. The molecule has 0 saturated heterocycles. The van der Waals surface area contributed by atoms with Crippen LogP contribution in [-0.4, -0.2) is 43.0 Å². The minimum absolute atomic E-state index is 0.184. The van der Waals surface area contributed by atoms with E-state index in [-0.39, 0.29) is 12.8 Å². The molecule has 0 bridgehead atoms. The van der Waals surface area contributed by atoms with Crippen LogP contribution in [0, 0.1) is 0 Å². The van der Waals surface area contributed by atoms with Crippen molar-refractivity contribution in [1.29, 1.82) is 0 Å². The van der Waals surface area contributed by atoms with E-state index in [9.17, 15) is 25.9 Å². The molecule has 8 nitrogen and oxygen atoms in total. The second-order valence-corrected chi connectivity index (χ2v) is 14.2. The van der Waals surface area contributed by atoms with Crippen molar-refractivity contribution in [2.45, 2.75) is 48.6 Å². The maximum Gasteiger partial charge on any atom is 0.265 e. The Morgan fingerprint density at radius 2 is 1.57 bits per heavy atom. The predicted molar refractivity (Wildman–Crippen MR) is 137 cm³/mol. The third kappa shape index (κ3) is 5.89. The maximum absolute atomic E-state index is 11.4. The van der Waals surface area contributed by atoms with E-state index in [1.54, 1.807) is 23.1 Å². The second kappa shape index (κ2) is 10.2. The lowest BCUT2D eigenvalue weighted by Crippen LogP contribution is -2.37. The Morgan fingerprint density at radius 3 is 2.29 bits per heavy atom. The molecule has 1 aliphatic heterocycles. The van der Waals surface area contributed by atoms with Gasteiger partial charge in [0.05, 0.1) is 42.3 Å². The van der Waals surface area contributed by atoms with Crippen LogP contribution in [0.2, 0.25) is 0 Å². The molecule has 35 heavy (non-hydrogen) atoms. The number of fused-ring (bicyclic) bond motifs is 2. The van der Waals surface area contributed by atoms with Gasteiger partial charge in [-0.05, 0) is 38.5 Å². The minimum Gasteiger partial charge on any atom is -0.748 e. The van der Waals surface area contributed by atoms with Crippen molar-refractivity contribution in [1.82, 2.24) is 0 Å². The summed E-state index contributed by atoms with van der Waals surface area (Å²) >= 11 is 3.10. The van der Waals surface area contributed by atoms with Crippen LogP contribution in [0.25, 0.3) is 16.3 Å². The Morgan fingerprint density at radius 1 is 0.943 bits per heavy atom. The van der Waals surface area contributed by atoms with E-state index >= 15 is 0 Å². The van der Waals surface area contributed by atoms with Gasteiger partial charge < -0.3 is 14.0 Å². The third-order valence-electron chi connectivity index (χ3n) is 6.02. The van der Waals surface area contributed by atoms with Gasteiger partial charge in [-0.15, -0.1) is 0 Å². The highest BCUT2D eigenvalue weighted by atomic mass is 32.2. The number of rotatable bonds is 9. The number of hydrogen-bond acceptors (Lipinski definition) is 9. The number of aryl methyl sites for hydroxylation is 1. The topological polar surface area (TPSA) is 122 Å². The van der Waals surface area contributed by atoms with Crippen LogP contribution < -0.4 is 9.47 Å². The average Bonchev–Trinajstić information content (AvgIpc) is 3.31. The fourth-order valence-electron chi connectivity index (χ4n) is 3.80. The van der Waals surface area contributed by atoms with Crippen LogP contribution in [0.5, 0.6) is 0 Å². The highest BCUT2D eigenvalue weighted by molar-refractivity contribution is 8.04.